The summed E-state index contributed by atoms with van der Waals surface area (Å²) in [4.78, 5) is 10.9. The SMILES string of the molecule is CCOC(=O)CCC1=CCCO1. The van der Waals surface area contributed by atoms with E-state index in [0.717, 1.165) is 18.8 Å². The van der Waals surface area contributed by atoms with E-state index < -0.39 is 0 Å². The Balaban J connectivity index is 2.12. The van der Waals surface area contributed by atoms with Gasteiger partial charge in [-0.25, -0.2) is 0 Å². The van der Waals surface area contributed by atoms with Crippen molar-refractivity contribution < 1.29 is 14.3 Å². The topological polar surface area (TPSA) is 35.5 Å². The van der Waals surface area contributed by atoms with E-state index in [1.165, 1.54) is 0 Å². The van der Waals surface area contributed by atoms with Crippen LogP contribution in [0.15, 0.2) is 11.8 Å². The average Bonchev–Trinajstić information content (AvgIpc) is 2.53. The summed E-state index contributed by atoms with van der Waals surface area (Å²) in [6.07, 6.45) is 4.11. The van der Waals surface area contributed by atoms with Crippen LogP contribution < -0.4 is 0 Å². The van der Waals surface area contributed by atoms with Crippen LogP contribution in [0.3, 0.4) is 0 Å². The predicted molar refractivity (Wildman–Crippen MR) is 44.5 cm³/mol. The van der Waals surface area contributed by atoms with Gasteiger partial charge in [-0.05, 0) is 13.0 Å². The molecule has 0 saturated carbocycles. The van der Waals surface area contributed by atoms with Crippen LogP contribution in [0.4, 0.5) is 0 Å². The molecule has 0 fully saturated rings. The minimum Gasteiger partial charge on any atom is -0.498 e. The van der Waals surface area contributed by atoms with Crippen molar-refractivity contribution in [2.75, 3.05) is 13.2 Å². The quantitative estimate of drug-likeness (QED) is 0.601. The molecule has 0 bridgehead atoms. The van der Waals surface area contributed by atoms with Gasteiger partial charge in [-0.1, -0.05) is 0 Å². The summed E-state index contributed by atoms with van der Waals surface area (Å²) in [7, 11) is 0. The summed E-state index contributed by atoms with van der Waals surface area (Å²) in [5, 5.41) is 0. The molecule has 0 radical (unpaired) electrons. The third-order valence-electron chi connectivity index (χ3n) is 1.66. The van der Waals surface area contributed by atoms with Crippen LogP contribution in [0.1, 0.15) is 26.2 Å². The van der Waals surface area contributed by atoms with Gasteiger partial charge in [-0.15, -0.1) is 0 Å². The molecule has 68 valence electrons. The van der Waals surface area contributed by atoms with Crippen molar-refractivity contribution in [2.24, 2.45) is 0 Å². The molecule has 12 heavy (non-hydrogen) atoms. The lowest BCUT2D eigenvalue weighted by Gasteiger charge is -2.02. The Morgan fingerprint density at radius 3 is 3.17 bits per heavy atom. The molecule has 0 atom stereocenters. The monoisotopic (exact) mass is 170 g/mol. The zero-order valence-corrected chi connectivity index (χ0v) is 7.34. The van der Waals surface area contributed by atoms with Gasteiger partial charge in [0.05, 0.1) is 25.4 Å². The van der Waals surface area contributed by atoms with Gasteiger partial charge in [0, 0.05) is 12.8 Å². The van der Waals surface area contributed by atoms with Gasteiger partial charge in [0.25, 0.3) is 0 Å². The molecule has 3 heteroatoms. The predicted octanol–water partition coefficient (Wildman–Crippen LogP) is 1.63. The van der Waals surface area contributed by atoms with Crippen molar-refractivity contribution >= 4 is 5.97 Å². The highest BCUT2D eigenvalue weighted by atomic mass is 16.5. The van der Waals surface area contributed by atoms with Crippen LogP contribution in [0.25, 0.3) is 0 Å². The molecule has 0 saturated heterocycles. The third kappa shape index (κ3) is 2.95. The standard InChI is InChI=1S/C9H14O3/c1-2-11-9(10)6-5-8-4-3-7-12-8/h4H,2-3,5-7H2,1H3. The van der Waals surface area contributed by atoms with Gasteiger partial charge in [0.1, 0.15) is 0 Å². The summed E-state index contributed by atoms with van der Waals surface area (Å²) in [6, 6.07) is 0. The van der Waals surface area contributed by atoms with Crippen LogP contribution >= 0.6 is 0 Å². The fourth-order valence-corrected chi connectivity index (χ4v) is 1.10. The Hall–Kier alpha value is -0.990. The molecule has 3 nitrogen and oxygen atoms in total. The second kappa shape index (κ2) is 4.80. The number of carbonyl (C=O) groups excluding carboxylic acids is 1. The summed E-state index contributed by atoms with van der Waals surface area (Å²) in [6.45, 7) is 3.03. The smallest absolute Gasteiger partial charge is 0.306 e. The van der Waals surface area contributed by atoms with E-state index in [9.17, 15) is 4.79 Å². The first-order valence-electron chi connectivity index (χ1n) is 4.30. The van der Waals surface area contributed by atoms with E-state index in [0.29, 0.717) is 19.4 Å². The highest BCUT2D eigenvalue weighted by Crippen LogP contribution is 2.14. The minimum absolute atomic E-state index is 0.145. The minimum atomic E-state index is -0.145. The van der Waals surface area contributed by atoms with Gasteiger partial charge in [-0.3, -0.25) is 4.79 Å². The normalized spacial score (nSPS) is 15.2. The molecule has 1 rings (SSSR count). The van der Waals surface area contributed by atoms with E-state index in [2.05, 4.69) is 0 Å². The van der Waals surface area contributed by atoms with Crippen LogP contribution in [-0.4, -0.2) is 19.2 Å². The van der Waals surface area contributed by atoms with Gasteiger partial charge >= 0.3 is 5.97 Å². The highest BCUT2D eigenvalue weighted by molar-refractivity contribution is 5.69. The average molecular weight is 170 g/mol. The Bertz CT molecular complexity index is 184. The van der Waals surface area contributed by atoms with Crippen molar-refractivity contribution in [2.45, 2.75) is 26.2 Å². The van der Waals surface area contributed by atoms with E-state index in [4.69, 9.17) is 9.47 Å². The largest absolute Gasteiger partial charge is 0.498 e. The van der Waals surface area contributed by atoms with Crippen molar-refractivity contribution in [3.63, 3.8) is 0 Å². The van der Waals surface area contributed by atoms with Crippen LogP contribution in [0.2, 0.25) is 0 Å². The van der Waals surface area contributed by atoms with Crippen molar-refractivity contribution in [1.29, 1.82) is 0 Å². The zero-order chi connectivity index (χ0) is 8.81. The fraction of sp³-hybridized carbons (Fsp3) is 0.667. The summed E-state index contributed by atoms with van der Waals surface area (Å²) in [5.74, 6) is 0.789. The Morgan fingerprint density at radius 2 is 2.58 bits per heavy atom. The molecule has 1 aliphatic rings. The number of rotatable bonds is 4. The number of carbonyl (C=O) groups is 1. The Kier molecular flexibility index (Phi) is 3.64. The molecule has 0 spiro atoms. The first-order chi connectivity index (χ1) is 5.83. The fourth-order valence-electron chi connectivity index (χ4n) is 1.10. The summed E-state index contributed by atoms with van der Waals surface area (Å²) >= 11 is 0. The number of esters is 1. The molecule has 0 N–H and O–H groups in total. The van der Waals surface area contributed by atoms with Crippen LogP contribution in [-0.2, 0) is 14.3 Å². The summed E-state index contributed by atoms with van der Waals surface area (Å²) < 4.78 is 10.0. The molecule has 1 heterocycles. The number of allylic oxidation sites excluding steroid dienone is 1. The van der Waals surface area contributed by atoms with E-state index >= 15 is 0 Å². The number of hydrogen-bond acceptors (Lipinski definition) is 3. The van der Waals surface area contributed by atoms with Gasteiger partial charge in [-0.2, -0.15) is 0 Å². The van der Waals surface area contributed by atoms with E-state index in [1.54, 1.807) is 0 Å². The third-order valence-corrected chi connectivity index (χ3v) is 1.66. The van der Waals surface area contributed by atoms with Crippen molar-refractivity contribution in [1.82, 2.24) is 0 Å². The summed E-state index contributed by atoms with van der Waals surface area (Å²) in [5.41, 5.74) is 0. The molecule has 0 amide bonds. The van der Waals surface area contributed by atoms with Crippen LogP contribution in [0, 0.1) is 0 Å². The highest BCUT2D eigenvalue weighted by Gasteiger charge is 2.08. The molecule has 0 aromatic heterocycles. The van der Waals surface area contributed by atoms with Gasteiger partial charge in [0.2, 0.25) is 0 Å². The zero-order valence-electron chi connectivity index (χ0n) is 7.34. The molecule has 0 aliphatic carbocycles. The molecular formula is C9H14O3. The molecule has 1 aliphatic heterocycles. The van der Waals surface area contributed by atoms with Gasteiger partial charge in [0.15, 0.2) is 0 Å². The maximum Gasteiger partial charge on any atom is 0.306 e. The lowest BCUT2D eigenvalue weighted by Crippen LogP contribution is -2.04. The van der Waals surface area contributed by atoms with Crippen molar-refractivity contribution in [3.05, 3.63) is 11.8 Å². The Labute approximate surface area is 72.4 Å². The second-order valence-electron chi connectivity index (χ2n) is 2.61. The van der Waals surface area contributed by atoms with E-state index in [-0.39, 0.29) is 5.97 Å². The maximum atomic E-state index is 10.9. The number of ether oxygens (including phenoxy) is 2. The number of hydrogen-bond donors (Lipinski definition) is 0. The molecular weight excluding hydrogens is 156 g/mol. The Morgan fingerprint density at radius 1 is 1.75 bits per heavy atom. The molecule has 0 aromatic carbocycles. The molecule has 0 unspecified atom stereocenters. The lowest BCUT2D eigenvalue weighted by molar-refractivity contribution is -0.143. The second-order valence-corrected chi connectivity index (χ2v) is 2.61. The van der Waals surface area contributed by atoms with Gasteiger partial charge < -0.3 is 9.47 Å². The van der Waals surface area contributed by atoms with Crippen LogP contribution in [0.5, 0.6) is 0 Å². The lowest BCUT2D eigenvalue weighted by atomic mass is 10.2. The first-order valence-corrected chi connectivity index (χ1v) is 4.30. The van der Waals surface area contributed by atoms with E-state index in [1.807, 2.05) is 13.0 Å². The molecule has 0 aromatic rings. The first kappa shape index (κ1) is 9.10. The maximum absolute atomic E-state index is 10.9. The van der Waals surface area contributed by atoms with Crippen molar-refractivity contribution in [3.8, 4) is 0 Å².